The minimum Gasteiger partial charge on any atom is -0.313 e. The molecule has 2 rings (SSSR count). The summed E-state index contributed by atoms with van der Waals surface area (Å²) in [7, 11) is -2.81. The molecular formula is C12H24N2O2S. The van der Waals surface area contributed by atoms with Gasteiger partial charge in [-0.05, 0) is 38.8 Å². The molecule has 1 N–H and O–H groups in total. The van der Waals surface area contributed by atoms with Gasteiger partial charge in [0.15, 0.2) is 9.84 Å². The molecule has 17 heavy (non-hydrogen) atoms. The van der Waals surface area contributed by atoms with E-state index in [0.29, 0.717) is 12.6 Å². The van der Waals surface area contributed by atoms with Crippen LogP contribution in [0.25, 0.3) is 0 Å². The molecule has 0 aromatic heterocycles. The lowest BCUT2D eigenvalue weighted by molar-refractivity contribution is 0.168. The highest BCUT2D eigenvalue weighted by atomic mass is 32.2. The van der Waals surface area contributed by atoms with Gasteiger partial charge >= 0.3 is 0 Å². The molecule has 2 aliphatic heterocycles. The van der Waals surface area contributed by atoms with Gasteiger partial charge in [-0.15, -0.1) is 0 Å². The monoisotopic (exact) mass is 260 g/mol. The van der Waals surface area contributed by atoms with Gasteiger partial charge < -0.3 is 10.2 Å². The molecule has 2 fully saturated rings. The van der Waals surface area contributed by atoms with Gasteiger partial charge in [-0.1, -0.05) is 6.92 Å². The largest absolute Gasteiger partial charge is 0.313 e. The summed E-state index contributed by atoms with van der Waals surface area (Å²) in [6, 6.07) is 1.28. The summed E-state index contributed by atoms with van der Waals surface area (Å²) in [5.41, 5.74) is 0. The highest BCUT2D eigenvalue weighted by Gasteiger charge is 2.31. The van der Waals surface area contributed by atoms with E-state index in [1.54, 1.807) is 6.92 Å². The number of fused-ring (bicyclic) bond motifs is 1. The van der Waals surface area contributed by atoms with Crippen LogP contribution in [0.2, 0.25) is 0 Å². The molecule has 0 radical (unpaired) electrons. The van der Waals surface area contributed by atoms with Crippen LogP contribution in [-0.2, 0) is 9.84 Å². The van der Waals surface area contributed by atoms with Crippen molar-refractivity contribution in [2.24, 2.45) is 0 Å². The molecule has 0 aromatic carbocycles. The quantitative estimate of drug-likeness (QED) is 0.788. The van der Waals surface area contributed by atoms with Gasteiger partial charge in [-0.2, -0.15) is 0 Å². The fraction of sp³-hybridized carbons (Fsp3) is 1.00. The second-order valence-electron chi connectivity index (χ2n) is 5.24. The third-order valence-corrected chi connectivity index (χ3v) is 5.81. The van der Waals surface area contributed by atoms with Crippen LogP contribution in [-0.4, -0.2) is 56.5 Å². The van der Waals surface area contributed by atoms with Crippen molar-refractivity contribution < 1.29 is 8.42 Å². The molecule has 0 aliphatic carbocycles. The molecule has 2 heterocycles. The van der Waals surface area contributed by atoms with E-state index in [9.17, 15) is 8.42 Å². The number of nitrogens with zero attached hydrogens (tertiary/aromatic N) is 1. The van der Waals surface area contributed by atoms with Crippen molar-refractivity contribution in [3.63, 3.8) is 0 Å². The van der Waals surface area contributed by atoms with Crippen LogP contribution >= 0.6 is 0 Å². The first kappa shape index (κ1) is 13.3. The van der Waals surface area contributed by atoms with Crippen molar-refractivity contribution in [1.82, 2.24) is 10.2 Å². The summed E-state index contributed by atoms with van der Waals surface area (Å²) < 4.78 is 22.8. The van der Waals surface area contributed by atoms with E-state index in [4.69, 9.17) is 0 Å². The van der Waals surface area contributed by atoms with Crippen molar-refractivity contribution in [2.75, 3.05) is 31.1 Å². The van der Waals surface area contributed by atoms with Gasteiger partial charge in [0.1, 0.15) is 0 Å². The predicted molar refractivity (Wildman–Crippen MR) is 69.9 cm³/mol. The Morgan fingerprint density at radius 1 is 1.29 bits per heavy atom. The Balaban J connectivity index is 1.70. The fourth-order valence-electron chi connectivity index (χ4n) is 2.97. The normalized spacial score (nSPS) is 30.4. The predicted octanol–water partition coefficient (Wildman–Crippen LogP) is 0.638. The lowest BCUT2D eigenvalue weighted by Gasteiger charge is -2.35. The SMILES string of the molecule is CCS(=O)(=O)CCNC1CCN2CCCC2C1. The topological polar surface area (TPSA) is 49.4 Å². The van der Waals surface area contributed by atoms with Crippen molar-refractivity contribution >= 4 is 9.84 Å². The maximum atomic E-state index is 11.4. The van der Waals surface area contributed by atoms with Crippen molar-refractivity contribution in [2.45, 2.75) is 44.7 Å². The number of sulfone groups is 1. The zero-order valence-corrected chi connectivity index (χ0v) is 11.5. The molecular weight excluding hydrogens is 236 g/mol. The smallest absolute Gasteiger partial charge is 0.151 e. The average Bonchev–Trinajstić information content (AvgIpc) is 2.76. The van der Waals surface area contributed by atoms with Gasteiger partial charge in [-0.25, -0.2) is 8.42 Å². The number of rotatable bonds is 5. The minimum atomic E-state index is -2.81. The third-order valence-electron chi connectivity index (χ3n) is 4.11. The molecule has 2 unspecified atom stereocenters. The standard InChI is InChI=1S/C12H24N2O2S/c1-2-17(15,16)9-6-13-11-5-8-14-7-3-4-12(14)10-11/h11-13H,2-10H2,1H3. The highest BCUT2D eigenvalue weighted by Crippen LogP contribution is 2.26. The zero-order chi connectivity index (χ0) is 12.3. The number of hydrogen-bond acceptors (Lipinski definition) is 4. The number of piperidine rings is 1. The van der Waals surface area contributed by atoms with Crippen LogP contribution in [0.1, 0.15) is 32.6 Å². The third kappa shape index (κ3) is 3.66. The summed E-state index contributed by atoms with van der Waals surface area (Å²) in [4.78, 5) is 2.58. The molecule has 0 amide bonds. The molecule has 0 bridgehead atoms. The first-order valence-electron chi connectivity index (χ1n) is 6.78. The van der Waals surface area contributed by atoms with E-state index in [-0.39, 0.29) is 11.5 Å². The highest BCUT2D eigenvalue weighted by molar-refractivity contribution is 7.91. The van der Waals surface area contributed by atoms with Crippen molar-refractivity contribution in [3.8, 4) is 0 Å². The first-order chi connectivity index (χ1) is 8.11. The number of nitrogens with one attached hydrogen (secondary N) is 1. The molecule has 100 valence electrons. The lowest BCUT2D eigenvalue weighted by Crippen LogP contribution is -2.46. The van der Waals surface area contributed by atoms with Crippen LogP contribution in [0.4, 0.5) is 0 Å². The van der Waals surface area contributed by atoms with Crippen LogP contribution in [0, 0.1) is 0 Å². The van der Waals surface area contributed by atoms with Crippen molar-refractivity contribution in [3.05, 3.63) is 0 Å². The van der Waals surface area contributed by atoms with E-state index < -0.39 is 9.84 Å². The van der Waals surface area contributed by atoms with Gasteiger partial charge in [-0.3, -0.25) is 0 Å². The average molecular weight is 260 g/mol. The second kappa shape index (κ2) is 5.67. The molecule has 2 saturated heterocycles. The molecule has 5 heteroatoms. The molecule has 2 atom stereocenters. The minimum absolute atomic E-state index is 0.260. The summed E-state index contributed by atoms with van der Waals surface area (Å²) in [6.45, 7) is 4.78. The van der Waals surface area contributed by atoms with E-state index >= 15 is 0 Å². The van der Waals surface area contributed by atoms with E-state index in [0.717, 1.165) is 6.04 Å². The Morgan fingerprint density at radius 3 is 2.88 bits per heavy atom. The molecule has 0 saturated carbocycles. The number of hydrogen-bond donors (Lipinski definition) is 1. The Labute approximate surface area is 105 Å². The molecule has 0 spiro atoms. The lowest BCUT2D eigenvalue weighted by atomic mass is 9.98. The van der Waals surface area contributed by atoms with Crippen LogP contribution in [0.15, 0.2) is 0 Å². The van der Waals surface area contributed by atoms with Gasteiger partial charge in [0, 0.05) is 24.4 Å². The first-order valence-corrected chi connectivity index (χ1v) is 8.61. The summed E-state index contributed by atoms with van der Waals surface area (Å²) in [6.07, 6.45) is 5.03. The van der Waals surface area contributed by atoms with Crippen molar-refractivity contribution in [1.29, 1.82) is 0 Å². The van der Waals surface area contributed by atoms with Gasteiger partial charge in [0.2, 0.25) is 0 Å². The molecule has 4 nitrogen and oxygen atoms in total. The fourth-order valence-corrected chi connectivity index (χ4v) is 3.69. The second-order valence-corrected chi connectivity index (χ2v) is 7.72. The summed E-state index contributed by atoms with van der Waals surface area (Å²) in [5, 5.41) is 3.42. The maximum Gasteiger partial charge on any atom is 0.151 e. The Kier molecular flexibility index (Phi) is 4.44. The van der Waals surface area contributed by atoms with Gasteiger partial charge in [0.25, 0.3) is 0 Å². The maximum absolute atomic E-state index is 11.4. The summed E-state index contributed by atoms with van der Waals surface area (Å²) in [5.74, 6) is 0.546. The van der Waals surface area contributed by atoms with Crippen LogP contribution in [0.5, 0.6) is 0 Å². The Bertz CT molecular complexity index is 342. The Hall–Kier alpha value is -0.130. The summed E-state index contributed by atoms with van der Waals surface area (Å²) >= 11 is 0. The Morgan fingerprint density at radius 2 is 2.12 bits per heavy atom. The van der Waals surface area contributed by atoms with E-state index in [1.807, 2.05) is 0 Å². The van der Waals surface area contributed by atoms with Crippen LogP contribution < -0.4 is 5.32 Å². The van der Waals surface area contributed by atoms with E-state index in [1.165, 1.54) is 38.8 Å². The van der Waals surface area contributed by atoms with Gasteiger partial charge in [0.05, 0.1) is 5.75 Å². The van der Waals surface area contributed by atoms with E-state index in [2.05, 4.69) is 10.2 Å². The molecule has 0 aromatic rings. The van der Waals surface area contributed by atoms with Crippen LogP contribution in [0.3, 0.4) is 0 Å². The molecule has 2 aliphatic rings. The zero-order valence-electron chi connectivity index (χ0n) is 10.7.